The Kier molecular flexibility index (Phi) is 5.02. The SMILES string of the molecule is CCOc1cncc(C2=CC[C@H]3[C@@H]4CC=C5N(CC)C(=O)CC[C@]5(C)[C@H]4CC[C@]23C)c1. The number of ether oxygens (including phenoxy) is 1. The van der Waals surface area contributed by atoms with Crippen molar-refractivity contribution in [1.82, 2.24) is 9.88 Å². The molecule has 2 heterocycles. The number of allylic oxidation sites excluding steroid dienone is 4. The number of pyridine rings is 1. The Morgan fingerprint density at radius 2 is 1.94 bits per heavy atom. The summed E-state index contributed by atoms with van der Waals surface area (Å²) in [5, 5.41) is 0. The van der Waals surface area contributed by atoms with E-state index in [0.717, 1.165) is 31.6 Å². The Bertz CT molecular complexity index is 950. The van der Waals surface area contributed by atoms with Gasteiger partial charge in [0.25, 0.3) is 0 Å². The molecule has 1 aliphatic heterocycles. The summed E-state index contributed by atoms with van der Waals surface area (Å²) in [6.07, 6.45) is 15.2. The van der Waals surface area contributed by atoms with Crippen molar-refractivity contribution in [2.75, 3.05) is 13.2 Å². The predicted octanol–water partition coefficient (Wildman–Crippen LogP) is 5.85. The highest BCUT2D eigenvalue weighted by atomic mass is 16.5. The number of fused-ring (bicyclic) bond motifs is 5. The number of hydrogen-bond acceptors (Lipinski definition) is 3. The lowest BCUT2D eigenvalue weighted by Crippen LogP contribution is -2.53. The molecule has 1 amide bonds. The number of likely N-dealkylation sites (tertiary alicyclic amines) is 1. The maximum Gasteiger partial charge on any atom is 0.226 e. The second-order valence-corrected chi connectivity index (χ2v) is 10.4. The van der Waals surface area contributed by atoms with Crippen molar-refractivity contribution in [3.8, 4) is 5.75 Å². The zero-order chi connectivity index (χ0) is 21.8. The van der Waals surface area contributed by atoms with E-state index in [9.17, 15) is 4.79 Å². The van der Waals surface area contributed by atoms with Gasteiger partial charge in [-0.25, -0.2) is 0 Å². The molecular formula is C27H36N2O2. The van der Waals surface area contributed by atoms with Crippen LogP contribution in [0.5, 0.6) is 5.75 Å². The van der Waals surface area contributed by atoms with E-state index in [1.807, 2.05) is 19.3 Å². The third kappa shape index (κ3) is 3.01. The zero-order valence-corrected chi connectivity index (χ0v) is 19.5. The summed E-state index contributed by atoms with van der Waals surface area (Å²) >= 11 is 0. The Morgan fingerprint density at radius 1 is 1.10 bits per heavy atom. The van der Waals surface area contributed by atoms with E-state index in [1.165, 1.54) is 29.7 Å². The number of aromatic nitrogens is 1. The molecule has 5 atom stereocenters. The van der Waals surface area contributed by atoms with Crippen LogP contribution in [-0.4, -0.2) is 28.9 Å². The van der Waals surface area contributed by atoms with E-state index < -0.39 is 0 Å². The molecule has 1 saturated heterocycles. The molecule has 0 aromatic carbocycles. The monoisotopic (exact) mass is 420 g/mol. The third-order valence-corrected chi connectivity index (χ3v) is 9.11. The first kappa shape index (κ1) is 20.8. The van der Waals surface area contributed by atoms with Crippen molar-refractivity contribution < 1.29 is 9.53 Å². The van der Waals surface area contributed by atoms with E-state index in [0.29, 0.717) is 36.7 Å². The van der Waals surface area contributed by atoms with Gasteiger partial charge >= 0.3 is 0 Å². The Labute approximate surface area is 186 Å². The summed E-state index contributed by atoms with van der Waals surface area (Å²) < 4.78 is 5.73. The maximum absolute atomic E-state index is 12.6. The van der Waals surface area contributed by atoms with Crippen molar-refractivity contribution in [2.24, 2.45) is 28.6 Å². The molecule has 0 unspecified atom stereocenters. The highest BCUT2D eigenvalue weighted by Gasteiger charge is 2.57. The summed E-state index contributed by atoms with van der Waals surface area (Å²) in [4.78, 5) is 19.1. The topological polar surface area (TPSA) is 42.4 Å². The van der Waals surface area contributed by atoms with Crippen LogP contribution in [0.15, 0.2) is 36.3 Å². The van der Waals surface area contributed by atoms with Gasteiger partial charge in [0.1, 0.15) is 5.75 Å². The first-order chi connectivity index (χ1) is 14.9. The molecule has 1 aromatic heterocycles. The van der Waals surface area contributed by atoms with Crippen LogP contribution < -0.4 is 4.74 Å². The lowest BCUT2D eigenvalue weighted by molar-refractivity contribution is -0.136. The second kappa shape index (κ2) is 7.50. The highest BCUT2D eigenvalue weighted by molar-refractivity contribution is 5.80. The Hall–Kier alpha value is -2.10. The highest BCUT2D eigenvalue weighted by Crippen LogP contribution is 2.66. The lowest BCUT2D eigenvalue weighted by Gasteiger charge is -2.58. The minimum absolute atomic E-state index is 0.146. The molecule has 0 N–H and O–H groups in total. The van der Waals surface area contributed by atoms with Crippen LogP contribution in [0.2, 0.25) is 0 Å². The first-order valence-electron chi connectivity index (χ1n) is 12.2. The van der Waals surface area contributed by atoms with Gasteiger partial charge in [-0.2, -0.15) is 0 Å². The molecule has 31 heavy (non-hydrogen) atoms. The van der Waals surface area contributed by atoms with Crippen LogP contribution in [-0.2, 0) is 4.79 Å². The fourth-order valence-electron chi connectivity index (χ4n) is 7.62. The van der Waals surface area contributed by atoms with Crippen molar-refractivity contribution in [2.45, 2.75) is 66.2 Å². The molecule has 5 rings (SSSR count). The number of carbonyl (C=O) groups excluding carboxylic acids is 1. The summed E-state index contributed by atoms with van der Waals surface area (Å²) in [5.41, 5.74) is 4.38. The van der Waals surface area contributed by atoms with Gasteiger partial charge in [0.2, 0.25) is 5.91 Å². The van der Waals surface area contributed by atoms with Gasteiger partial charge in [-0.05, 0) is 86.3 Å². The van der Waals surface area contributed by atoms with Gasteiger partial charge in [-0.1, -0.05) is 26.0 Å². The average Bonchev–Trinajstić information content (AvgIpc) is 3.12. The van der Waals surface area contributed by atoms with Crippen molar-refractivity contribution in [3.05, 3.63) is 41.9 Å². The van der Waals surface area contributed by atoms with Crippen molar-refractivity contribution in [1.29, 1.82) is 0 Å². The predicted molar refractivity (Wildman–Crippen MR) is 123 cm³/mol. The van der Waals surface area contributed by atoms with Gasteiger partial charge in [0.15, 0.2) is 0 Å². The molecule has 0 spiro atoms. The fourth-order valence-corrected chi connectivity index (χ4v) is 7.62. The van der Waals surface area contributed by atoms with E-state index in [4.69, 9.17) is 4.74 Å². The van der Waals surface area contributed by atoms with Gasteiger partial charge in [0, 0.05) is 30.3 Å². The summed E-state index contributed by atoms with van der Waals surface area (Å²) in [5.74, 6) is 3.21. The molecule has 166 valence electrons. The summed E-state index contributed by atoms with van der Waals surface area (Å²) in [7, 11) is 0. The maximum atomic E-state index is 12.6. The third-order valence-electron chi connectivity index (χ3n) is 9.11. The minimum atomic E-state index is 0.146. The lowest BCUT2D eigenvalue weighted by atomic mass is 9.49. The number of amides is 1. The molecule has 4 aliphatic rings. The van der Waals surface area contributed by atoms with Crippen LogP contribution in [0.1, 0.15) is 71.8 Å². The molecule has 4 nitrogen and oxygen atoms in total. The zero-order valence-electron chi connectivity index (χ0n) is 19.5. The summed E-state index contributed by atoms with van der Waals surface area (Å²) in [6, 6.07) is 2.17. The Morgan fingerprint density at radius 3 is 2.71 bits per heavy atom. The molecule has 0 radical (unpaired) electrons. The van der Waals surface area contributed by atoms with Crippen molar-refractivity contribution in [3.63, 3.8) is 0 Å². The summed E-state index contributed by atoms with van der Waals surface area (Å²) in [6.45, 7) is 10.5. The fraction of sp³-hybridized carbons (Fsp3) is 0.630. The normalized spacial score (nSPS) is 36.8. The number of carbonyl (C=O) groups is 1. The average molecular weight is 421 g/mol. The molecule has 2 fully saturated rings. The van der Waals surface area contributed by atoms with Gasteiger partial charge < -0.3 is 9.64 Å². The molecule has 3 aliphatic carbocycles. The second-order valence-electron chi connectivity index (χ2n) is 10.4. The molecular weight excluding hydrogens is 384 g/mol. The van der Waals surface area contributed by atoms with E-state index in [-0.39, 0.29) is 10.8 Å². The first-order valence-corrected chi connectivity index (χ1v) is 12.2. The Balaban J connectivity index is 1.46. The van der Waals surface area contributed by atoms with Crippen LogP contribution in [0.25, 0.3) is 5.57 Å². The quantitative estimate of drug-likeness (QED) is 0.613. The van der Waals surface area contributed by atoms with Crippen LogP contribution >= 0.6 is 0 Å². The van der Waals surface area contributed by atoms with Crippen LogP contribution in [0.4, 0.5) is 0 Å². The van der Waals surface area contributed by atoms with Gasteiger partial charge in [-0.3, -0.25) is 9.78 Å². The van der Waals surface area contributed by atoms with Gasteiger partial charge in [-0.15, -0.1) is 0 Å². The molecule has 4 heteroatoms. The van der Waals surface area contributed by atoms with E-state index >= 15 is 0 Å². The standard InChI is InChI=1S/C27H36N2O2/c1-5-29-24-10-7-20-22-9-8-21(18-15-19(31-6-2)17-28-16-18)26(22,3)13-11-23(20)27(24,4)14-12-25(29)30/h8,10,15-17,20,22-23H,5-7,9,11-14H2,1-4H3/t20-,22-,23-,26+,27+/m0/s1. The number of nitrogens with zero attached hydrogens (tertiary/aromatic N) is 2. The minimum Gasteiger partial charge on any atom is -0.492 e. The van der Waals surface area contributed by atoms with E-state index in [2.05, 4.69) is 48.9 Å². The largest absolute Gasteiger partial charge is 0.492 e. The number of rotatable bonds is 4. The van der Waals surface area contributed by atoms with Crippen molar-refractivity contribution >= 4 is 11.5 Å². The molecule has 1 aromatic rings. The van der Waals surface area contributed by atoms with E-state index in [1.54, 1.807) is 0 Å². The van der Waals surface area contributed by atoms with Gasteiger partial charge in [0.05, 0.1) is 12.8 Å². The van der Waals surface area contributed by atoms with Crippen LogP contribution in [0, 0.1) is 28.6 Å². The number of hydrogen-bond donors (Lipinski definition) is 0. The number of piperidine rings is 1. The van der Waals surface area contributed by atoms with Crippen LogP contribution in [0.3, 0.4) is 0 Å². The molecule has 0 bridgehead atoms. The molecule has 1 saturated carbocycles. The smallest absolute Gasteiger partial charge is 0.226 e.